The second-order valence-electron chi connectivity index (χ2n) is 5.10. The minimum atomic E-state index is -0.376. The fourth-order valence-corrected chi connectivity index (χ4v) is 3.04. The molecule has 0 aliphatic rings. The summed E-state index contributed by atoms with van der Waals surface area (Å²) in [7, 11) is 0. The van der Waals surface area contributed by atoms with Crippen molar-refractivity contribution in [1.82, 2.24) is 10.2 Å². The molecule has 3 aromatic rings. The van der Waals surface area contributed by atoms with Gasteiger partial charge in [-0.2, -0.15) is 5.26 Å². The number of carbonyl (C=O) groups is 1. The number of amides is 1. The molecule has 128 valence electrons. The number of aromatic nitrogens is 2. The first-order valence-corrected chi connectivity index (χ1v) is 8.90. The second kappa shape index (κ2) is 8.11. The van der Waals surface area contributed by atoms with Crippen molar-refractivity contribution in [3.63, 3.8) is 0 Å². The molecule has 1 N–H and O–H groups in total. The zero-order valence-electron chi connectivity index (χ0n) is 13.1. The molecule has 1 amide bonds. The molecule has 8 heteroatoms. The van der Waals surface area contributed by atoms with Gasteiger partial charge in [-0.1, -0.05) is 46.7 Å². The molecule has 0 aliphatic carbocycles. The van der Waals surface area contributed by atoms with Crippen molar-refractivity contribution in [3.8, 4) is 6.07 Å². The Hall–Kier alpha value is -2.72. The Morgan fingerprint density at radius 3 is 2.38 bits per heavy atom. The number of benzene rings is 2. The number of rotatable bonds is 4. The van der Waals surface area contributed by atoms with Crippen LogP contribution in [0.4, 0.5) is 5.69 Å². The van der Waals surface area contributed by atoms with Gasteiger partial charge < -0.3 is 5.32 Å². The lowest BCUT2D eigenvalue weighted by molar-refractivity contribution is 0.102. The van der Waals surface area contributed by atoms with Gasteiger partial charge in [0.1, 0.15) is 0 Å². The molecule has 0 aliphatic heterocycles. The summed E-state index contributed by atoms with van der Waals surface area (Å²) in [5.74, 6) is -0.376. The van der Waals surface area contributed by atoms with Crippen LogP contribution in [-0.4, -0.2) is 16.1 Å². The Morgan fingerprint density at radius 1 is 1.08 bits per heavy atom. The van der Waals surface area contributed by atoms with Crippen LogP contribution in [0.2, 0.25) is 5.02 Å². The van der Waals surface area contributed by atoms with Crippen molar-refractivity contribution in [2.45, 2.75) is 0 Å². The van der Waals surface area contributed by atoms with Crippen LogP contribution in [0.15, 0.2) is 48.5 Å². The molecule has 1 aromatic heterocycles. The van der Waals surface area contributed by atoms with Crippen LogP contribution in [0.3, 0.4) is 0 Å². The maximum atomic E-state index is 12.2. The Kier molecular flexibility index (Phi) is 5.64. The highest BCUT2D eigenvalue weighted by atomic mass is 35.5. The highest BCUT2D eigenvalue weighted by molar-refractivity contribution is 7.15. The molecule has 2 aromatic carbocycles. The van der Waals surface area contributed by atoms with E-state index < -0.39 is 0 Å². The standard InChI is InChI=1S/C18H10Cl2N4OS/c19-13-5-7-14(8-6-13)22-16(25)18-24-23-17(26-18)15(20)9-11-1-3-12(10-21)4-2-11/h1-9H,(H,22,25)/b15-9-. The summed E-state index contributed by atoms with van der Waals surface area (Å²) in [4.78, 5) is 12.2. The molecule has 3 rings (SSSR count). The van der Waals surface area contributed by atoms with Crippen molar-refractivity contribution in [2.75, 3.05) is 5.32 Å². The molecule has 0 saturated carbocycles. The van der Waals surface area contributed by atoms with Gasteiger partial charge in [0.2, 0.25) is 5.01 Å². The van der Waals surface area contributed by atoms with E-state index in [1.807, 2.05) is 0 Å². The normalized spacial score (nSPS) is 11.0. The van der Waals surface area contributed by atoms with E-state index in [1.54, 1.807) is 54.6 Å². The predicted molar refractivity (Wildman–Crippen MR) is 104 cm³/mol. The van der Waals surface area contributed by atoms with Crippen LogP contribution < -0.4 is 5.32 Å². The number of halogens is 2. The first kappa shape index (κ1) is 18.1. The van der Waals surface area contributed by atoms with Crippen molar-refractivity contribution in [3.05, 3.63) is 74.7 Å². The topological polar surface area (TPSA) is 78.7 Å². The van der Waals surface area contributed by atoms with Gasteiger partial charge >= 0.3 is 0 Å². The number of hydrogen-bond donors (Lipinski definition) is 1. The Balaban J connectivity index is 1.73. The summed E-state index contributed by atoms with van der Waals surface area (Å²) < 4.78 is 0. The minimum Gasteiger partial charge on any atom is -0.320 e. The van der Waals surface area contributed by atoms with Crippen LogP contribution in [0.25, 0.3) is 11.1 Å². The second-order valence-corrected chi connectivity index (χ2v) is 6.92. The van der Waals surface area contributed by atoms with Gasteiger partial charge in [-0.05, 0) is 48.0 Å². The Morgan fingerprint density at radius 2 is 1.73 bits per heavy atom. The first-order valence-electron chi connectivity index (χ1n) is 7.33. The lowest BCUT2D eigenvalue weighted by atomic mass is 10.1. The lowest BCUT2D eigenvalue weighted by Gasteiger charge is -2.01. The van der Waals surface area contributed by atoms with Crippen molar-refractivity contribution >= 4 is 57.2 Å². The van der Waals surface area contributed by atoms with Crippen molar-refractivity contribution < 1.29 is 4.79 Å². The molecular formula is C18H10Cl2N4OS. The Bertz CT molecular complexity index is 1000. The third kappa shape index (κ3) is 4.46. The molecule has 0 radical (unpaired) electrons. The highest BCUT2D eigenvalue weighted by Crippen LogP contribution is 2.26. The molecule has 0 saturated heterocycles. The number of carbonyl (C=O) groups excluding carboxylic acids is 1. The van der Waals surface area contributed by atoms with Gasteiger partial charge in [-0.3, -0.25) is 4.79 Å². The molecular weight excluding hydrogens is 391 g/mol. The summed E-state index contributed by atoms with van der Waals surface area (Å²) in [5.41, 5.74) is 1.99. The van der Waals surface area contributed by atoms with Gasteiger partial charge in [-0.15, -0.1) is 10.2 Å². The van der Waals surface area contributed by atoms with E-state index in [1.165, 1.54) is 0 Å². The molecule has 0 unspecified atom stereocenters. The third-order valence-electron chi connectivity index (χ3n) is 3.26. The van der Waals surface area contributed by atoms with Crippen molar-refractivity contribution in [2.24, 2.45) is 0 Å². The first-order chi connectivity index (χ1) is 12.5. The summed E-state index contributed by atoms with van der Waals surface area (Å²) >= 11 is 13.2. The summed E-state index contributed by atoms with van der Waals surface area (Å²) in [5, 5.41) is 20.9. The highest BCUT2D eigenvalue weighted by Gasteiger charge is 2.14. The van der Waals surface area contributed by atoms with Gasteiger partial charge in [0.15, 0.2) is 5.01 Å². The number of nitriles is 1. The number of hydrogen-bond acceptors (Lipinski definition) is 5. The number of nitrogens with one attached hydrogen (secondary N) is 1. The van der Waals surface area contributed by atoms with Crippen LogP contribution in [0.1, 0.15) is 25.9 Å². The summed E-state index contributed by atoms with van der Waals surface area (Å²) in [6.45, 7) is 0. The fourth-order valence-electron chi connectivity index (χ4n) is 1.99. The van der Waals surface area contributed by atoms with Gasteiger partial charge in [0.25, 0.3) is 5.91 Å². The predicted octanol–water partition coefficient (Wildman–Crippen LogP) is 5.05. The van der Waals surface area contributed by atoms with E-state index in [4.69, 9.17) is 28.5 Å². The monoisotopic (exact) mass is 400 g/mol. The quantitative estimate of drug-likeness (QED) is 0.663. The SMILES string of the molecule is N#Cc1ccc(/C=C(\Cl)c2nnc(C(=O)Nc3ccc(Cl)cc3)s2)cc1. The third-order valence-corrected chi connectivity index (χ3v) is 4.87. The van der Waals surface area contributed by atoms with E-state index in [0.29, 0.717) is 26.3 Å². The molecule has 0 atom stereocenters. The van der Waals surface area contributed by atoms with E-state index >= 15 is 0 Å². The Labute approximate surface area is 163 Å². The van der Waals surface area contributed by atoms with E-state index in [9.17, 15) is 4.79 Å². The van der Waals surface area contributed by atoms with E-state index in [2.05, 4.69) is 21.6 Å². The molecule has 1 heterocycles. The molecule has 0 bridgehead atoms. The zero-order valence-corrected chi connectivity index (χ0v) is 15.4. The van der Waals surface area contributed by atoms with Gasteiger partial charge in [0, 0.05) is 10.7 Å². The maximum Gasteiger partial charge on any atom is 0.286 e. The van der Waals surface area contributed by atoms with Gasteiger partial charge in [0.05, 0.1) is 16.7 Å². The van der Waals surface area contributed by atoms with Crippen LogP contribution in [0, 0.1) is 11.3 Å². The minimum absolute atomic E-state index is 0.196. The summed E-state index contributed by atoms with van der Waals surface area (Å²) in [6.07, 6.45) is 1.70. The van der Waals surface area contributed by atoms with Crippen LogP contribution in [-0.2, 0) is 0 Å². The smallest absolute Gasteiger partial charge is 0.286 e. The molecule has 26 heavy (non-hydrogen) atoms. The van der Waals surface area contributed by atoms with Crippen molar-refractivity contribution in [1.29, 1.82) is 5.26 Å². The van der Waals surface area contributed by atoms with E-state index in [-0.39, 0.29) is 10.9 Å². The maximum absolute atomic E-state index is 12.2. The molecule has 0 fully saturated rings. The zero-order chi connectivity index (χ0) is 18.5. The lowest BCUT2D eigenvalue weighted by Crippen LogP contribution is -2.11. The molecule has 0 spiro atoms. The average Bonchev–Trinajstić information content (AvgIpc) is 3.15. The van der Waals surface area contributed by atoms with Crippen LogP contribution in [0.5, 0.6) is 0 Å². The number of nitrogens with zero attached hydrogens (tertiary/aromatic N) is 3. The summed E-state index contributed by atoms with van der Waals surface area (Å²) in [6, 6.07) is 15.7. The molecule has 5 nitrogen and oxygen atoms in total. The van der Waals surface area contributed by atoms with Gasteiger partial charge in [-0.25, -0.2) is 0 Å². The number of anilines is 1. The van der Waals surface area contributed by atoms with E-state index in [0.717, 1.165) is 16.9 Å². The van der Waals surface area contributed by atoms with Crippen LogP contribution >= 0.6 is 34.5 Å². The fraction of sp³-hybridized carbons (Fsp3) is 0. The average molecular weight is 401 g/mol. The largest absolute Gasteiger partial charge is 0.320 e.